The van der Waals surface area contributed by atoms with Crippen LogP contribution in [0.1, 0.15) is 30.1 Å². The highest BCUT2D eigenvalue weighted by Crippen LogP contribution is 2.24. The molecule has 0 atom stereocenters. The molecule has 0 bridgehead atoms. The molecule has 0 amide bonds. The molecule has 1 N–H and O–H groups in total. The lowest BCUT2D eigenvalue weighted by atomic mass is 9.96. The summed E-state index contributed by atoms with van der Waals surface area (Å²) in [6, 6.07) is 4.40. The van der Waals surface area contributed by atoms with Crippen LogP contribution in [0.15, 0.2) is 18.2 Å². The number of piperidine rings is 1. The van der Waals surface area contributed by atoms with Crippen molar-refractivity contribution in [1.82, 2.24) is 4.90 Å². The molecule has 1 aromatic carbocycles. The Bertz CT molecular complexity index is 552. The van der Waals surface area contributed by atoms with E-state index in [2.05, 4.69) is 5.32 Å². The Morgan fingerprint density at radius 3 is 2.52 bits per heavy atom. The summed E-state index contributed by atoms with van der Waals surface area (Å²) in [5, 5.41) is 3.07. The second kappa shape index (κ2) is 7.29. The van der Waals surface area contributed by atoms with Crippen LogP contribution in [0.4, 0.5) is 23.2 Å². The summed E-state index contributed by atoms with van der Waals surface area (Å²) < 4.78 is 50.7. The van der Waals surface area contributed by atoms with E-state index in [9.17, 15) is 22.4 Å². The van der Waals surface area contributed by atoms with E-state index in [1.165, 1.54) is 24.0 Å². The van der Waals surface area contributed by atoms with Crippen molar-refractivity contribution in [2.75, 3.05) is 31.5 Å². The number of nitrogens with zero attached hydrogens (tertiary/aromatic N) is 1. The molecule has 0 spiro atoms. The highest BCUT2D eigenvalue weighted by molar-refractivity contribution is 5.99. The molecule has 1 aliphatic rings. The van der Waals surface area contributed by atoms with Crippen LogP contribution in [0, 0.1) is 11.7 Å². The number of carbonyl (C=O) groups excluding carboxylic acids is 1. The van der Waals surface area contributed by atoms with Crippen LogP contribution in [-0.4, -0.2) is 43.0 Å². The molecule has 23 heavy (non-hydrogen) atoms. The molecule has 0 aromatic heterocycles. The Hall–Kier alpha value is -1.63. The number of nitrogens with one attached hydrogen (secondary N) is 1. The highest BCUT2D eigenvalue weighted by atomic mass is 19.4. The van der Waals surface area contributed by atoms with E-state index in [0.29, 0.717) is 38.2 Å². The Balaban J connectivity index is 1.87. The molecule has 1 fully saturated rings. The van der Waals surface area contributed by atoms with Gasteiger partial charge >= 0.3 is 6.18 Å². The summed E-state index contributed by atoms with van der Waals surface area (Å²) in [6.07, 6.45) is -2.87. The second-order valence-corrected chi connectivity index (χ2v) is 5.93. The number of rotatable bonds is 5. The number of hydrogen-bond donors (Lipinski definition) is 1. The van der Waals surface area contributed by atoms with Gasteiger partial charge in [0.2, 0.25) is 0 Å². The van der Waals surface area contributed by atoms with Crippen LogP contribution in [0.5, 0.6) is 0 Å². The van der Waals surface area contributed by atoms with Crippen molar-refractivity contribution in [3.05, 3.63) is 29.6 Å². The summed E-state index contributed by atoms with van der Waals surface area (Å²) in [5.74, 6) is -0.712. The van der Waals surface area contributed by atoms with Crippen molar-refractivity contribution < 1.29 is 22.4 Å². The van der Waals surface area contributed by atoms with Crippen LogP contribution in [-0.2, 0) is 0 Å². The van der Waals surface area contributed by atoms with Gasteiger partial charge in [0.15, 0.2) is 5.78 Å². The van der Waals surface area contributed by atoms with Crippen molar-refractivity contribution in [2.24, 2.45) is 5.92 Å². The predicted octanol–water partition coefficient (Wildman–Crippen LogP) is 3.71. The van der Waals surface area contributed by atoms with Gasteiger partial charge in [-0.15, -0.1) is 0 Å². The lowest BCUT2D eigenvalue weighted by Gasteiger charge is -2.32. The van der Waals surface area contributed by atoms with Crippen LogP contribution in [0.3, 0.4) is 0 Å². The van der Waals surface area contributed by atoms with E-state index in [0.717, 1.165) is 0 Å². The van der Waals surface area contributed by atoms with Gasteiger partial charge in [0, 0.05) is 12.2 Å². The van der Waals surface area contributed by atoms with Crippen molar-refractivity contribution in [3.63, 3.8) is 0 Å². The number of ketones is 1. The molecule has 1 saturated heterocycles. The van der Waals surface area contributed by atoms with Crippen LogP contribution >= 0.6 is 0 Å². The number of Topliss-reactive ketones (excluding diaryl/α,β-unsaturated/α-hetero) is 1. The lowest BCUT2D eigenvalue weighted by molar-refractivity contribution is -0.148. The number of alkyl halides is 3. The third-order valence-electron chi connectivity index (χ3n) is 4.06. The maximum Gasteiger partial charge on any atom is 0.401 e. The number of likely N-dealkylation sites (tertiary alicyclic amines) is 1. The van der Waals surface area contributed by atoms with Gasteiger partial charge in [-0.3, -0.25) is 9.69 Å². The van der Waals surface area contributed by atoms with Gasteiger partial charge in [-0.25, -0.2) is 4.39 Å². The van der Waals surface area contributed by atoms with E-state index < -0.39 is 18.5 Å². The Kier molecular flexibility index (Phi) is 5.62. The zero-order chi connectivity index (χ0) is 17.0. The first-order valence-corrected chi connectivity index (χ1v) is 7.58. The van der Waals surface area contributed by atoms with E-state index in [1.54, 1.807) is 6.07 Å². The minimum Gasteiger partial charge on any atom is -0.384 e. The predicted molar refractivity (Wildman–Crippen MR) is 80.1 cm³/mol. The standard InChI is InChI=1S/C16H20F4N2O/c1-11(23)15-13(17)3-2-4-14(15)21-9-12-5-7-22(8-6-12)10-16(18,19)20/h2-4,12,21H,5-10H2,1H3. The molecule has 1 aliphatic heterocycles. The minimum atomic E-state index is -4.16. The fourth-order valence-electron chi connectivity index (χ4n) is 2.89. The molecule has 0 aliphatic carbocycles. The van der Waals surface area contributed by atoms with Crippen LogP contribution in [0.25, 0.3) is 0 Å². The van der Waals surface area contributed by atoms with Crippen LogP contribution in [0.2, 0.25) is 0 Å². The fraction of sp³-hybridized carbons (Fsp3) is 0.562. The smallest absolute Gasteiger partial charge is 0.384 e. The topological polar surface area (TPSA) is 32.3 Å². The maximum atomic E-state index is 13.7. The van der Waals surface area contributed by atoms with Gasteiger partial charge < -0.3 is 5.32 Å². The van der Waals surface area contributed by atoms with Crippen molar-refractivity contribution >= 4 is 11.5 Å². The Morgan fingerprint density at radius 1 is 1.30 bits per heavy atom. The first-order valence-electron chi connectivity index (χ1n) is 7.58. The Labute approximate surface area is 132 Å². The summed E-state index contributed by atoms with van der Waals surface area (Å²) in [6.45, 7) is 1.75. The van der Waals surface area contributed by atoms with Gasteiger partial charge in [-0.05, 0) is 50.9 Å². The van der Waals surface area contributed by atoms with Crippen molar-refractivity contribution in [3.8, 4) is 0 Å². The monoisotopic (exact) mass is 332 g/mol. The van der Waals surface area contributed by atoms with E-state index >= 15 is 0 Å². The molecule has 0 saturated carbocycles. The van der Waals surface area contributed by atoms with Gasteiger partial charge in [0.1, 0.15) is 5.82 Å². The number of benzene rings is 1. The number of anilines is 1. The normalized spacial score (nSPS) is 17.3. The summed E-state index contributed by atoms with van der Waals surface area (Å²) in [4.78, 5) is 12.9. The zero-order valence-corrected chi connectivity index (χ0v) is 12.9. The average Bonchev–Trinajstić information content (AvgIpc) is 2.44. The molecule has 1 aromatic rings. The lowest BCUT2D eigenvalue weighted by Crippen LogP contribution is -2.41. The molecular formula is C16H20F4N2O. The number of hydrogen-bond acceptors (Lipinski definition) is 3. The molecule has 0 radical (unpaired) electrons. The largest absolute Gasteiger partial charge is 0.401 e. The Morgan fingerprint density at radius 2 is 1.96 bits per heavy atom. The van der Waals surface area contributed by atoms with Crippen molar-refractivity contribution in [1.29, 1.82) is 0 Å². The van der Waals surface area contributed by atoms with Gasteiger partial charge in [0.25, 0.3) is 0 Å². The van der Waals surface area contributed by atoms with E-state index in [4.69, 9.17) is 0 Å². The van der Waals surface area contributed by atoms with E-state index in [1.807, 2.05) is 0 Å². The third-order valence-corrected chi connectivity index (χ3v) is 4.06. The molecule has 2 rings (SSSR count). The van der Waals surface area contributed by atoms with Crippen molar-refractivity contribution in [2.45, 2.75) is 25.9 Å². The SMILES string of the molecule is CC(=O)c1c(F)cccc1NCC1CCN(CC(F)(F)F)CC1. The summed E-state index contributed by atoms with van der Waals surface area (Å²) in [7, 11) is 0. The van der Waals surface area contributed by atoms with Crippen LogP contribution < -0.4 is 5.32 Å². The van der Waals surface area contributed by atoms with Gasteiger partial charge in [-0.2, -0.15) is 13.2 Å². The minimum absolute atomic E-state index is 0.0296. The van der Waals surface area contributed by atoms with Gasteiger partial charge in [0.05, 0.1) is 12.1 Å². The first-order chi connectivity index (χ1) is 10.8. The molecule has 7 heteroatoms. The number of carbonyl (C=O) groups is 1. The maximum absolute atomic E-state index is 13.7. The molecule has 128 valence electrons. The quantitative estimate of drug-likeness (QED) is 0.659. The zero-order valence-electron chi connectivity index (χ0n) is 12.9. The third kappa shape index (κ3) is 5.20. The molecule has 0 unspecified atom stereocenters. The molecular weight excluding hydrogens is 312 g/mol. The van der Waals surface area contributed by atoms with Gasteiger partial charge in [-0.1, -0.05) is 6.07 Å². The second-order valence-electron chi connectivity index (χ2n) is 5.93. The fourth-order valence-corrected chi connectivity index (χ4v) is 2.89. The first kappa shape index (κ1) is 17.7. The average molecular weight is 332 g/mol. The number of halogens is 4. The summed E-state index contributed by atoms with van der Waals surface area (Å²) >= 11 is 0. The molecule has 3 nitrogen and oxygen atoms in total. The van der Waals surface area contributed by atoms with E-state index in [-0.39, 0.29) is 17.3 Å². The summed E-state index contributed by atoms with van der Waals surface area (Å²) in [5.41, 5.74) is 0.470. The molecule has 1 heterocycles. The highest BCUT2D eigenvalue weighted by Gasteiger charge is 2.32.